The second-order valence-corrected chi connectivity index (χ2v) is 4.77. The van der Waals surface area contributed by atoms with Crippen LogP contribution in [0.3, 0.4) is 0 Å². The van der Waals surface area contributed by atoms with Crippen molar-refractivity contribution in [3.8, 4) is 0 Å². The van der Waals surface area contributed by atoms with Gasteiger partial charge in [-0.25, -0.2) is 0 Å². The predicted octanol–water partition coefficient (Wildman–Crippen LogP) is 2.75. The summed E-state index contributed by atoms with van der Waals surface area (Å²) in [6, 6.07) is 7.92. The maximum atomic E-state index is 12.2. The zero-order chi connectivity index (χ0) is 11.0. The van der Waals surface area contributed by atoms with E-state index >= 15 is 0 Å². The smallest absolute Gasteiger partial charge is 0.250 e. The van der Waals surface area contributed by atoms with Gasteiger partial charge in [-0.15, -0.1) is 0 Å². The van der Waals surface area contributed by atoms with Crippen LogP contribution in [-0.4, -0.2) is 11.4 Å². The van der Waals surface area contributed by atoms with Crippen molar-refractivity contribution in [3.63, 3.8) is 0 Å². The second-order valence-electron chi connectivity index (χ2n) is 4.77. The van der Waals surface area contributed by atoms with Gasteiger partial charge in [0.1, 0.15) is 5.54 Å². The number of carbonyl (C=O) groups is 1. The number of benzene rings is 1. The first-order valence-electron chi connectivity index (χ1n) is 5.99. The third-order valence-electron chi connectivity index (χ3n) is 3.69. The van der Waals surface area contributed by atoms with E-state index in [1.54, 1.807) is 0 Å². The predicted molar refractivity (Wildman–Crippen MR) is 64.5 cm³/mol. The number of hydrogen-bond acceptors (Lipinski definition) is 2. The van der Waals surface area contributed by atoms with Gasteiger partial charge in [0.25, 0.3) is 0 Å². The fraction of sp³-hybridized carbons (Fsp3) is 0.462. The van der Waals surface area contributed by atoms with Crippen LogP contribution < -0.4 is 10.6 Å². The Morgan fingerprint density at radius 3 is 2.44 bits per heavy atom. The van der Waals surface area contributed by atoms with Crippen LogP contribution in [0.5, 0.6) is 0 Å². The van der Waals surface area contributed by atoms with E-state index in [0.717, 1.165) is 37.1 Å². The molecule has 0 bridgehead atoms. The second kappa shape index (κ2) is 3.51. The Bertz CT molecular complexity index is 422. The summed E-state index contributed by atoms with van der Waals surface area (Å²) in [5, 5.41) is 6.47. The molecule has 1 aromatic carbocycles. The molecule has 1 saturated carbocycles. The lowest BCUT2D eigenvalue weighted by Crippen LogP contribution is -2.53. The average molecular weight is 216 g/mol. The van der Waals surface area contributed by atoms with Crippen molar-refractivity contribution in [1.29, 1.82) is 0 Å². The highest BCUT2D eigenvalue weighted by Gasteiger charge is 2.42. The lowest BCUT2D eigenvalue weighted by atomic mass is 9.79. The molecule has 2 aliphatic rings. The van der Waals surface area contributed by atoms with Crippen molar-refractivity contribution in [2.75, 3.05) is 10.6 Å². The van der Waals surface area contributed by atoms with Gasteiger partial charge in [-0.1, -0.05) is 31.4 Å². The summed E-state index contributed by atoms with van der Waals surface area (Å²) in [7, 11) is 0. The summed E-state index contributed by atoms with van der Waals surface area (Å²) in [5.41, 5.74) is 1.62. The van der Waals surface area contributed by atoms with Crippen LogP contribution in [0.4, 0.5) is 11.4 Å². The minimum Gasteiger partial charge on any atom is -0.370 e. The summed E-state index contributed by atoms with van der Waals surface area (Å²) in [5.74, 6) is 0.144. The standard InChI is InChI=1S/C13H16N2O/c16-12-13(8-4-1-5-9-13)15-11-7-3-2-6-10(11)14-12/h2-3,6-7,15H,1,4-5,8-9H2,(H,14,16). The molecule has 3 nitrogen and oxygen atoms in total. The maximum Gasteiger partial charge on any atom is 0.250 e. The highest BCUT2D eigenvalue weighted by atomic mass is 16.2. The molecule has 0 atom stereocenters. The normalized spacial score (nSPS) is 22.1. The molecule has 0 aromatic heterocycles. The summed E-state index contributed by atoms with van der Waals surface area (Å²) in [6.07, 6.45) is 5.43. The highest BCUT2D eigenvalue weighted by Crippen LogP contribution is 2.38. The lowest BCUT2D eigenvalue weighted by Gasteiger charge is -2.41. The Balaban J connectivity index is 1.97. The van der Waals surface area contributed by atoms with Crippen molar-refractivity contribution in [2.24, 2.45) is 0 Å². The molecule has 0 saturated heterocycles. The topological polar surface area (TPSA) is 41.1 Å². The molecule has 2 N–H and O–H groups in total. The minimum absolute atomic E-state index is 0.144. The van der Waals surface area contributed by atoms with Gasteiger partial charge in [-0.2, -0.15) is 0 Å². The van der Waals surface area contributed by atoms with Crippen LogP contribution in [0.1, 0.15) is 32.1 Å². The van der Waals surface area contributed by atoms with Crippen molar-refractivity contribution in [1.82, 2.24) is 0 Å². The number of carbonyl (C=O) groups excluding carboxylic acids is 1. The SMILES string of the molecule is O=C1Nc2ccccc2NC12CCCCC2. The average Bonchev–Trinajstić information content (AvgIpc) is 2.32. The Hall–Kier alpha value is -1.51. The van der Waals surface area contributed by atoms with E-state index in [2.05, 4.69) is 10.6 Å². The van der Waals surface area contributed by atoms with E-state index < -0.39 is 0 Å². The first kappa shape index (κ1) is 9.70. The molecule has 1 amide bonds. The van der Waals surface area contributed by atoms with E-state index in [9.17, 15) is 4.79 Å². The van der Waals surface area contributed by atoms with E-state index in [-0.39, 0.29) is 11.4 Å². The zero-order valence-corrected chi connectivity index (χ0v) is 9.25. The molecule has 0 unspecified atom stereocenters. The molecule has 3 rings (SSSR count). The molecule has 1 spiro atoms. The van der Waals surface area contributed by atoms with Crippen molar-refractivity contribution < 1.29 is 4.79 Å². The van der Waals surface area contributed by atoms with Crippen molar-refractivity contribution >= 4 is 17.3 Å². The van der Waals surface area contributed by atoms with Crippen LogP contribution in [0.15, 0.2) is 24.3 Å². The zero-order valence-electron chi connectivity index (χ0n) is 9.25. The summed E-state index contributed by atoms with van der Waals surface area (Å²) in [6.45, 7) is 0. The number of amides is 1. The van der Waals surface area contributed by atoms with E-state index in [4.69, 9.17) is 0 Å². The molecular weight excluding hydrogens is 200 g/mol. The Labute approximate surface area is 95.2 Å². The molecule has 1 aliphatic carbocycles. The molecule has 1 aliphatic heterocycles. The molecule has 1 aromatic rings. The Kier molecular flexibility index (Phi) is 2.13. The van der Waals surface area contributed by atoms with Crippen molar-refractivity contribution in [3.05, 3.63) is 24.3 Å². The summed E-state index contributed by atoms with van der Waals surface area (Å²) >= 11 is 0. The van der Waals surface area contributed by atoms with Crippen LogP contribution in [0.2, 0.25) is 0 Å². The van der Waals surface area contributed by atoms with E-state index in [0.29, 0.717) is 0 Å². The van der Waals surface area contributed by atoms with E-state index in [1.165, 1.54) is 6.42 Å². The van der Waals surface area contributed by atoms with Gasteiger partial charge >= 0.3 is 0 Å². The molecule has 1 fully saturated rings. The molecular formula is C13H16N2O. The molecule has 1 heterocycles. The molecule has 16 heavy (non-hydrogen) atoms. The number of para-hydroxylation sites is 2. The Morgan fingerprint density at radius 2 is 1.69 bits per heavy atom. The minimum atomic E-state index is -0.341. The van der Waals surface area contributed by atoms with Crippen molar-refractivity contribution in [2.45, 2.75) is 37.6 Å². The lowest BCUT2D eigenvalue weighted by molar-refractivity contribution is -0.121. The van der Waals surface area contributed by atoms with Crippen LogP contribution >= 0.6 is 0 Å². The van der Waals surface area contributed by atoms with Gasteiger partial charge in [-0.3, -0.25) is 4.79 Å². The molecule has 3 heteroatoms. The number of anilines is 2. The quantitative estimate of drug-likeness (QED) is 0.700. The fourth-order valence-electron chi connectivity index (χ4n) is 2.77. The fourth-order valence-corrected chi connectivity index (χ4v) is 2.77. The van der Waals surface area contributed by atoms with E-state index in [1.807, 2.05) is 24.3 Å². The largest absolute Gasteiger partial charge is 0.370 e. The third kappa shape index (κ3) is 1.39. The molecule has 84 valence electrons. The first-order valence-corrected chi connectivity index (χ1v) is 5.99. The Morgan fingerprint density at radius 1 is 1.00 bits per heavy atom. The monoisotopic (exact) mass is 216 g/mol. The summed E-state index contributed by atoms with van der Waals surface area (Å²) in [4.78, 5) is 12.2. The number of hydrogen-bond donors (Lipinski definition) is 2. The number of rotatable bonds is 0. The highest BCUT2D eigenvalue weighted by molar-refractivity contribution is 6.06. The van der Waals surface area contributed by atoms with Gasteiger partial charge < -0.3 is 10.6 Å². The van der Waals surface area contributed by atoms with Gasteiger partial charge in [0.2, 0.25) is 5.91 Å². The number of nitrogens with one attached hydrogen (secondary N) is 2. The van der Waals surface area contributed by atoms with Gasteiger partial charge in [0.15, 0.2) is 0 Å². The van der Waals surface area contributed by atoms with Crippen LogP contribution in [0, 0.1) is 0 Å². The van der Waals surface area contributed by atoms with Gasteiger partial charge in [-0.05, 0) is 25.0 Å². The summed E-state index contributed by atoms with van der Waals surface area (Å²) < 4.78 is 0. The maximum absolute atomic E-state index is 12.2. The van der Waals surface area contributed by atoms with Gasteiger partial charge in [0, 0.05) is 0 Å². The third-order valence-corrected chi connectivity index (χ3v) is 3.69. The van der Waals surface area contributed by atoms with Gasteiger partial charge in [0.05, 0.1) is 11.4 Å². The van der Waals surface area contributed by atoms with Crippen LogP contribution in [-0.2, 0) is 4.79 Å². The number of fused-ring (bicyclic) bond motifs is 1. The first-order chi connectivity index (χ1) is 7.80. The van der Waals surface area contributed by atoms with Crippen LogP contribution in [0.25, 0.3) is 0 Å². The molecule has 0 radical (unpaired) electrons.